The first-order chi connectivity index (χ1) is 10.9. The van der Waals surface area contributed by atoms with Crippen molar-refractivity contribution in [2.45, 2.75) is 38.8 Å². The van der Waals surface area contributed by atoms with Gasteiger partial charge in [-0.1, -0.05) is 26.5 Å². The second kappa shape index (κ2) is 8.55. The number of nitrogens with one attached hydrogen (secondary N) is 1. The molecule has 0 aromatic heterocycles. The summed E-state index contributed by atoms with van der Waals surface area (Å²) in [5.74, 6) is 1.37. The maximum atomic E-state index is 11.5. The number of nitrogens with zero attached hydrogens (tertiary/aromatic N) is 2. The number of alkyl carbamates (subject to hydrolysis) is 1. The van der Waals surface area contributed by atoms with E-state index in [4.69, 9.17) is 14.2 Å². The van der Waals surface area contributed by atoms with Gasteiger partial charge in [0, 0.05) is 6.54 Å². The molecule has 0 bridgehead atoms. The minimum Gasteiger partial charge on any atom is -0.483 e. The minimum absolute atomic E-state index is 0.159. The molecule has 1 amide bonds. The maximum absolute atomic E-state index is 11.5. The summed E-state index contributed by atoms with van der Waals surface area (Å²) in [6, 6.07) is -0.159. The summed E-state index contributed by atoms with van der Waals surface area (Å²) in [6.07, 6.45) is 1.54. The van der Waals surface area contributed by atoms with Crippen LogP contribution in [0.15, 0.2) is 22.6 Å². The van der Waals surface area contributed by atoms with E-state index in [1.54, 1.807) is 14.2 Å². The number of rotatable bonds is 6. The highest BCUT2D eigenvalue weighted by molar-refractivity contribution is 5.96. The van der Waals surface area contributed by atoms with Crippen LogP contribution in [0, 0.1) is 5.92 Å². The number of amides is 1. The van der Waals surface area contributed by atoms with E-state index in [9.17, 15) is 4.79 Å². The molecule has 0 aromatic rings. The molecule has 130 valence electrons. The van der Waals surface area contributed by atoms with Gasteiger partial charge in [-0.25, -0.2) is 14.8 Å². The molecule has 0 aromatic carbocycles. The zero-order valence-corrected chi connectivity index (χ0v) is 14.6. The fraction of sp³-hybridized carbons (Fsp3) is 0.688. The first-order valence-corrected chi connectivity index (χ1v) is 7.65. The summed E-state index contributed by atoms with van der Waals surface area (Å²) in [5.41, 5.74) is -0.683. The Hall–Kier alpha value is -2.05. The van der Waals surface area contributed by atoms with Gasteiger partial charge >= 0.3 is 6.09 Å². The summed E-state index contributed by atoms with van der Waals surface area (Å²) in [7, 11) is 3.17. The van der Waals surface area contributed by atoms with Crippen molar-refractivity contribution in [2.24, 2.45) is 15.9 Å². The molecule has 0 aliphatic carbocycles. The van der Waals surface area contributed by atoms with Crippen LogP contribution in [0.3, 0.4) is 0 Å². The van der Waals surface area contributed by atoms with Gasteiger partial charge in [0.25, 0.3) is 0 Å². The van der Waals surface area contributed by atoms with Gasteiger partial charge in [-0.2, -0.15) is 0 Å². The average Bonchev–Trinajstić information content (AvgIpc) is 2.52. The van der Waals surface area contributed by atoms with Gasteiger partial charge < -0.3 is 19.5 Å². The zero-order chi connectivity index (χ0) is 17.5. The number of methoxy groups -OCH3 is 2. The van der Waals surface area contributed by atoms with E-state index in [1.807, 2.05) is 6.92 Å². The predicted octanol–water partition coefficient (Wildman–Crippen LogP) is 2.18. The molecule has 1 aliphatic rings. The molecule has 0 saturated carbocycles. The van der Waals surface area contributed by atoms with Crippen molar-refractivity contribution < 1.29 is 19.0 Å². The fourth-order valence-corrected chi connectivity index (χ4v) is 2.31. The van der Waals surface area contributed by atoms with Crippen molar-refractivity contribution in [3.05, 3.63) is 12.7 Å². The van der Waals surface area contributed by atoms with Crippen LogP contribution in [-0.2, 0) is 14.2 Å². The molecule has 1 heterocycles. The molecule has 1 rings (SSSR count). The molecule has 2 atom stereocenters. The summed E-state index contributed by atoms with van der Waals surface area (Å²) < 4.78 is 15.7. The lowest BCUT2D eigenvalue weighted by Gasteiger charge is -2.33. The van der Waals surface area contributed by atoms with Crippen LogP contribution in [0.4, 0.5) is 4.79 Å². The molecule has 0 fully saturated rings. The number of carbonyl (C=O) groups is 1. The standard InChI is InChI=1S/C16H27N3O4/c1-7-10-23-15(20)17-9-8-16(4)14(22-6)18-12(11(2)3)13(19-16)21-5/h7,11-12H,1,8-10H2,2-6H3,(H,17,20)/t12-,16+/m1/s1. The molecule has 23 heavy (non-hydrogen) atoms. The smallest absolute Gasteiger partial charge is 0.407 e. The van der Waals surface area contributed by atoms with Gasteiger partial charge in [0.15, 0.2) is 0 Å². The van der Waals surface area contributed by atoms with Crippen LogP contribution in [0.1, 0.15) is 27.2 Å². The Balaban J connectivity index is 2.77. The highest BCUT2D eigenvalue weighted by Gasteiger charge is 2.39. The third kappa shape index (κ3) is 4.97. The average molecular weight is 325 g/mol. The van der Waals surface area contributed by atoms with Crippen LogP contribution in [0.5, 0.6) is 0 Å². The topological polar surface area (TPSA) is 81.5 Å². The fourth-order valence-electron chi connectivity index (χ4n) is 2.31. The monoisotopic (exact) mass is 325 g/mol. The predicted molar refractivity (Wildman–Crippen MR) is 90.1 cm³/mol. The largest absolute Gasteiger partial charge is 0.483 e. The van der Waals surface area contributed by atoms with Crippen molar-refractivity contribution in [3.63, 3.8) is 0 Å². The zero-order valence-electron chi connectivity index (χ0n) is 14.6. The van der Waals surface area contributed by atoms with Gasteiger partial charge in [0.05, 0.1) is 14.2 Å². The van der Waals surface area contributed by atoms with Gasteiger partial charge in [-0.15, -0.1) is 0 Å². The first kappa shape index (κ1) is 19.0. The Morgan fingerprint density at radius 3 is 2.65 bits per heavy atom. The quantitative estimate of drug-likeness (QED) is 0.759. The number of hydrogen-bond donors (Lipinski definition) is 1. The van der Waals surface area contributed by atoms with Crippen LogP contribution in [-0.4, -0.2) is 56.8 Å². The normalized spacial score (nSPS) is 23.7. The first-order valence-electron chi connectivity index (χ1n) is 7.65. The molecule has 7 nitrogen and oxygen atoms in total. The van der Waals surface area contributed by atoms with Gasteiger partial charge in [-0.05, 0) is 19.3 Å². The van der Waals surface area contributed by atoms with Gasteiger partial charge in [0.1, 0.15) is 18.2 Å². The van der Waals surface area contributed by atoms with Gasteiger partial charge in [-0.3, -0.25) is 0 Å². The van der Waals surface area contributed by atoms with E-state index in [-0.39, 0.29) is 18.6 Å². The lowest BCUT2D eigenvalue weighted by atomic mass is 9.94. The Morgan fingerprint density at radius 2 is 2.13 bits per heavy atom. The van der Waals surface area contributed by atoms with Gasteiger partial charge in [0.2, 0.25) is 11.8 Å². The third-order valence-electron chi connectivity index (χ3n) is 3.57. The molecule has 1 N–H and O–H groups in total. The Morgan fingerprint density at radius 1 is 1.43 bits per heavy atom. The molecule has 0 radical (unpaired) electrons. The summed E-state index contributed by atoms with van der Waals surface area (Å²) in [4.78, 5) is 20.8. The molecular formula is C16H27N3O4. The minimum atomic E-state index is -0.683. The van der Waals surface area contributed by atoms with E-state index in [1.165, 1.54) is 6.08 Å². The highest BCUT2D eigenvalue weighted by atomic mass is 16.5. The van der Waals surface area contributed by atoms with Crippen molar-refractivity contribution in [2.75, 3.05) is 27.4 Å². The lowest BCUT2D eigenvalue weighted by molar-refractivity contribution is 0.157. The van der Waals surface area contributed by atoms with E-state index >= 15 is 0 Å². The maximum Gasteiger partial charge on any atom is 0.407 e. The molecule has 0 spiro atoms. The SMILES string of the molecule is C=CCOC(=O)NCC[C@]1(C)N=C(OC)[C@@H](C(C)C)N=C1OC. The van der Waals surface area contributed by atoms with Crippen molar-refractivity contribution in [1.29, 1.82) is 0 Å². The molecule has 7 heteroatoms. The lowest BCUT2D eigenvalue weighted by Crippen LogP contribution is -2.46. The summed E-state index contributed by atoms with van der Waals surface area (Å²) in [5, 5.41) is 2.67. The van der Waals surface area contributed by atoms with Crippen molar-refractivity contribution >= 4 is 17.9 Å². The van der Waals surface area contributed by atoms with E-state index in [0.717, 1.165) is 0 Å². The number of carbonyl (C=O) groups excluding carboxylic acids is 1. The molecule has 0 unspecified atom stereocenters. The highest BCUT2D eigenvalue weighted by Crippen LogP contribution is 2.27. The summed E-state index contributed by atoms with van der Waals surface area (Å²) >= 11 is 0. The second-order valence-corrected chi connectivity index (χ2v) is 5.82. The second-order valence-electron chi connectivity index (χ2n) is 5.82. The molecule has 0 saturated heterocycles. The van der Waals surface area contributed by atoms with Crippen molar-refractivity contribution in [1.82, 2.24) is 5.32 Å². The number of hydrogen-bond acceptors (Lipinski definition) is 6. The molecule has 1 aliphatic heterocycles. The van der Waals surface area contributed by atoms with Crippen molar-refractivity contribution in [3.8, 4) is 0 Å². The third-order valence-corrected chi connectivity index (χ3v) is 3.57. The van der Waals surface area contributed by atoms with Crippen LogP contribution in [0.2, 0.25) is 0 Å². The van der Waals surface area contributed by atoms with Crippen LogP contribution >= 0.6 is 0 Å². The number of aliphatic imine (C=N–C) groups is 2. The Kier molecular flexibility index (Phi) is 7.06. The Bertz CT molecular complexity index is 488. The van der Waals surface area contributed by atoms with Crippen LogP contribution < -0.4 is 5.32 Å². The number of ether oxygens (including phenoxy) is 3. The summed E-state index contributed by atoms with van der Waals surface area (Å²) in [6.45, 7) is 10.0. The molecular weight excluding hydrogens is 298 g/mol. The van der Waals surface area contributed by atoms with Crippen LogP contribution in [0.25, 0.3) is 0 Å². The Labute approximate surface area is 137 Å². The van der Waals surface area contributed by atoms with E-state index in [0.29, 0.717) is 24.8 Å². The van der Waals surface area contributed by atoms with E-state index < -0.39 is 11.6 Å². The van der Waals surface area contributed by atoms with E-state index in [2.05, 4.69) is 35.7 Å².